The van der Waals surface area contributed by atoms with E-state index >= 15 is 0 Å². The summed E-state index contributed by atoms with van der Waals surface area (Å²) in [4.78, 5) is 19.6. The normalized spacial score (nSPS) is 17.1. The number of H-pyrrole nitrogens is 1. The minimum Gasteiger partial charge on any atom is -0.496 e. The number of anilines is 1. The molecule has 2 aromatic rings. The van der Waals surface area contributed by atoms with Crippen molar-refractivity contribution in [3.8, 4) is 5.75 Å². The maximum atomic E-state index is 12.3. The Labute approximate surface area is 130 Å². The van der Waals surface area contributed by atoms with Crippen LogP contribution in [0.4, 0.5) is 5.69 Å². The van der Waals surface area contributed by atoms with E-state index in [9.17, 15) is 4.79 Å². The van der Waals surface area contributed by atoms with Gasteiger partial charge in [0, 0.05) is 18.7 Å². The number of nitrogens with zero attached hydrogens (tertiary/aromatic N) is 1. The molecule has 110 valence electrons. The van der Waals surface area contributed by atoms with Crippen molar-refractivity contribution >= 4 is 27.5 Å². The van der Waals surface area contributed by atoms with Crippen LogP contribution in [0, 0.1) is 0 Å². The number of amides is 1. The molecular formula is C14H15BrN4O2. The highest BCUT2D eigenvalue weighted by atomic mass is 79.9. The quantitative estimate of drug-likeness (QED) is 0.789. The van der Waals surface area contributed by atoms with Gasteiger partial charge in [-0.05, 0) is 34.1 Å². The average molecular weight is 351 g/mol. The number of benzene rings is 1. The van der Waals surface area contributed by atoms with Crippen LogP contribution in [-0.2, 0) is 17.8 Å². The van der Waals surface area contributed by atoms with E-state index in [-0.39, 0.29) is 11.9 Å². The van der Waals surface area contributed by atoms with Gasteiger partial charge < -0.3 is 15.0 Å². The number of methoxy groups -OCH3 is 1. The van der Waals surface area contributed by atoms with E-state index in [1.165, 1.54) is 0 Å². The Hall–Kier alpha value is -1.86. The molecule has 0 aliphatic carbocycles. The summed E-state index contributed by atoms with van der Waals surface area (Å²) in [5.74, 6) is 0.658. The zero-order valence-electron chi connectivity index (χ0n) is 11.4. The number of nitrogens with one attached hydrogen (secondary N) is 3. The number of aromatic nitrogens is 2. The molecule has 0 radical (unpaired) electrons. The number of aromatic amines is 1. The highest BCUT2D eigenvalue weighted by Crippen LogP contribution is 2.27. The molecule has 0 fully saturated rings. The van der Waals surface area contributed by atoms with Gasteiger partial charge in [-0.3, -0.25) is 10.1 Å². The molecule has 1 unspecified atom stereocenters. The van der Waals surface area contributed by atoms with Gasteiger partial charge in [-0.15, -0.1) is 0 Å². The maximum Gasteiger partial charge on any atom is 0.241 e. The lowest BCUT2D eigenvalue weighted by atomic mass is 10.0. The van der Waals surface area contributed by atoms with Crippen molar-refractivity contribution < 1.29 is 9.53 Å². The van der Waals surface area contributed by atoms with Crippen LogP contribution < -0.4 is 15.4 Å². The zero-order chi connectivity index (χ0) is 14.8. The van der Waals surface area contributed by atoms with Gasteiger partial charge in [0.25, 0.3) is 0 Å². The summed E-state index contributed by atoms with van der Waals surface area (Å²) in [6.07, 6.45) is 2.25. The molecule has 21 heavy (non-hydrogen) atoms. The number of rotatable bonds is 3. The zero-order valence-corrected chi connectivity index (χ0v) is 13.0. The predicted molar refractivity (Wildman–Crippen MR) is 82.2 cm³/mol. The average Bonchev–Trinajstić information content (AvgIpc) is 2.94. The number of hydrogen-bond donors (Lipinski definition) is 3. The minimum absolute atomic E-state index is 0.0688. The molecule has 2 heterocycles. The fraction of sp³-hybridized carbons (Fsp3) is 0.286. The number of carbonyl (C=O) groups excluding carboxylic acids is 1. The van der Waals surface area contributed by atoms with Crippen molar-refractivity contribution in [2.45, 2.75) is 19.0 Å². The van der Waals surface area contributed by atoms with Crippen molar-refractivity contribution in [2.75, 3.05) is 12.4 Å². The second kappa shape index (κ2) is 5.87. The fourth-order valence-corrected chi connectivity index (χ4v) is 2.87. The summed E-state index contributed by atoms with van der Waals surface area (Å²) in [7, 11) is 1.60. The molecule has 0 spiro atoms. The van der Waals surface area contributed by atoms with E-state index in [4.69, 9.17) is 4.74 Å². The number of ether oxygens (including phenoxy) is 1. The van der Waals surface area contributed by atoms with Gasteiger partial charge in [0.2, 0.25) is 5.91 Å². The van der Waals surface area contributed by atoms with Gasteiger partial charge in [0.1, 0.15) is 5.75 Å². The summed E-state index contributed by atoms with van der Waals surface area (Å²) in [5, 5.41) is 6.10. The lowest BCUT2D eigenvalue weighted by Gasteiger charge is -2.22. The van der Waals surface area contributed by atoms with E-state index in [2.05, 4.69) is 36.5 Å². The molecule has 3 rings (SSSR count). The topological polar surface area (TPSA) is 79.0 Å². The first-order valence-electron chi connectivity index (χ1n) is 6.56. The van der Waals surface area contributed by atoms with Gasteiger partial charge in [-0.25, -0.2) is 4.98 Å². The van der Waals surface area contributed by atoms with Crippen LogP contribution in [0.2, 0.25) is 0 Å². The number of imidazole rings is 1. The first-order chi connectivity index (χ1) is 10.2. The SMILES string of the molecule is COc1ccc(NC(=O)C2Cc3nc[nH]c3CN2)cc1Br. The summed E-state index contributed by atoms with van der Waals surface area (Å²) >= 11 is 3.40. The van der Waals surface area contributed by atoms with Crippen LogP contribution in [0.1, 0.15) is 11.4 Å². The van der Waals surface area contributed by atoms with Gasteiger partial charge in [-0.2, -0.15) is 0 Å². The fourth-order valence-electron chi connectivity index (χ4n) is 2.33. The first-order valence-corrected chi connectivity index (χ1v) is 7.35. The molecule has 1 aliphatic rings. The number of fused-ring (bicyclic) bond motifs is 1. The third kappa shape index (κ3) is 2.93. The molecule has 1 atom stereocenters. The van der Waals surface area contributed by atoms with E-state index in [0.29, 0.717) is 13.0 Å². The molecule has 6 nitrogen and oxygen atoms in total. The molecule has 0 saturated heterocycles. The van der Waals surface area contributed by atoms with Crippen LogP contribution in [-0.4, -0.2) is 29.0 Å². The van der Waals surface area contributed by atoms with Crippen LogP contribution in [0.25, 0.3) is 0 Å². The van der Waals surface area contributed by atoms with E-state index in [0.717, 1.165) is 27.3 Å². The van der Waals surface area contributed by atoms with Gasteiger partial charge >= 0.3 is 0 Å². The van der Waals surface area contributed by atoms with Crippen LogP contribution in [0.3, 0.4) is 0 Å². The minimum atomic E-state index is -0.276. The molecule has 3 N–H and O–H groups in total. The van der Waals surface area contributed by atoms with E-state index in [1.54, 1.807) is 19.5 Å². The van der Waals surface area contributed by atoms with Crippen molar-refractivity contribution in [1.82, 2.24) is 15.3 Å². The Balaban J connectivity index is 1.68. The Morgan fingerprint density at radius 1 is 1.52 bits per heavy atom. The second-order valence-corrected chi connectivity index (χ2v) is 5.66. The van der Waals surface area contributed by atoms with Crippen LogP contribution in [0.5, 0.6) is 5.75 Å². The monoisotopic (exact) mass is 350 g/mol. The lowest BCUT2D eigenvalue weighted by molar-refractivity contribution is -0.118. The van der Waals surface area contributed by atoms with Crippen molar-refractivity contribution in [3.63, 3.8) is 0 Å². The third-order valence-corrected chi connectivity index (χ3v) is 4.09. The van der Waals surface area contributed by atoms with Gasteiger partial charge in [0.05, 0.1) is 35.3 Å². The summed E-state index contributed by atoms with van der Waals surface area (Å²) in [6, 6.07) is 5.16. The lowest BCUT2D eigenvalue weighted by Crippen LogP contribution is -2.44. The first kappa shape index (κ1) is 14.1. The molecule has 1 aromatic carbocycles. The Morgan fingerprint density at radius 3 is 3.14 bits per heavy atom. The summed E-state index contributed by atoms with van der Waals surface area (Å²) < 4.78 is 5.97. The molecule has 1 aliphatic heterocycles. The molecular weight excluding hydrogens is 336 g/mol. The highest BCUT2D eigenvalue weighted by molar-refractivity contribution is 9.10. The van der Waals surface area contributed by atoms with Gasteiger partial charge in [0.15, 0.2) is 0 Å². The van der Waals surface area contributed by atoms with Crippen molar-refractivity contribution in [1.29, 1.82) is 0 Å². The largest absolute Gasteiger partial charge is 0.496 e. The Morgan fingerprint density at radius 2 is 2.38 bits per heavy atom. The summed E-state index contributed by atoms with van der Waals surface area (Å²) in [6.45, 7) is 0.625. The molecule has 0 saturated carbocycles. The van der Waals surface area contributed by atoms with Crippen LogP contribution in [0.15, 0.2) is 29.0 Å². The van der Waals surface area contributed by atoms with E-state index < -0.39 is 0 Å². The molecule has 1 amide bonds. The van der Waals surface area contributed by atoms with E-state index in [1.807, 2.05) is 12.1 Å². The standard InChI is InChI=1S/C14H15BrN4O2/c1-21-13-3-2-8(4-9(13)15)19-14(20)11-5-10-12(6-16-11)18-7-17-10/h2-4,7,11,16H,5-6H2,1H3,(H,17,18)(H,19,20). The Kier molecular flexibility index (Phi) is 3.94. The predicted octanol–water partition coefficient (Wildman–Crippen LogP) is 1.83. The third-order valence-electron chi connectivity index (χ3n) is 3.47. The number of halogens is 1. The van der Waals surface area contributed by atoms with Crippen LogP contribution >= 0.6 is 15.9 Å². The Bertz CT molecular complexity index is 671. The smallest absolute Gasteiger partial charge is 0.241 e. The number of hydrogen-bond acceptors (Lipinski definition) is 4. The highest BCUT2D eigenvalue weighted by Gasteiger charge is 2.25. The second-order valence-electron chi connectivity index (χ2n) is 4.80. The number of carbonyl (C=O) groups is 1. The molecule has 0 bridgehead atoms. The summed E-state index contributed by atoms with van der Waals surface area (Å²) in [5.41, 5.74) is 2.72. The van der Waals surface area contributed by atoms with Crippen molar-refractivity contribution in [3.05, 3.63) is 40.4 Å². The van der Waals surface area contributed by atoms with Crippen molar-refractivity contribution in [2.24, 2.45) is 0 Å². The molecule has 7 heteroatoms. The molecule has 1 aromatic heterocycles. The maximum absolute atomic E-state index is 12.3. The van der Waals surface area contributed by atoms with Gasteiger partial charge in [-0.1, -0.05) is 0 Å².